The molecule has 0 aromatic rings. The number of ether oxygens (including phenoxy) is 1. The van der Waals surface area contributed by atoms with Gasteiger partial charge in [-0.15, -0.1) is 0 Å². The average Bonchev–Trinajstić information content (AvgIpc) is 2.52. The standard InChI is InChI=1S/C18H34N2O3/c1-18(2,3)23-17(22)20-10-8-16(9-11-20)19-12-14-6-4-5-7-15(14)13-21/h14-16,19,21H,4-13H2,1-3H3/t14?,15-/m1/s1. The van der Waals surface area contributed by atoms with Gasteiger partial charge in [0.15, 0.2) is 0 Å². The molecule has 2 fully saturated rings. The maximum Gasteiger partial charge on any atom is 0.410 e. The molecule has 0 radical (unpaired) electrons. The van der Waals surface area contributed by atoms with Crippen molar-refractivity contribution in [1.29, 1.82) is 0 Å². The first-order valence-corrected chi connectivity index (χ1v) is 9.21. The number of aliphatic hydroxyl groups is 1. The van der Waals surface area contributed by atoms with Crippen molar-refractivity contribution in [3.8, 4) is 0 Å². The third-order valence-electron chi connectivity index (χ3n) is 5.12. The van der Waals surface area contributed by atoms with Gasteiger partial charge in [-0.3, -0.25) is 0 Å². The minimum Gasteiger partial charge on any atom is -0.444 e. The molecule has 2 N–H and O–H groups in total. The van der Waals surface area contributed by atoms with E-state index in [0.29, 0.717) is 24.5 Å². The van der Waals surface area contributed by atoms with Crippen LogP contribution in [0.3, 0.4) is 0 Å². The molecule has 2 aliphatic rings. The number of rotatable bonds is 4. The van der Waals surface area contributed by atoms with E-state index in [2.05, 4.69) is 5.32 Å². The molecule has 1 amide bonds. The second-order valence-corrected chi connectivity index (χ2v) is 8.14. The van der Waals surface area contributed by atoms with Crippen molar-refractivity contribution in [3.05, 3.63) is 0 Å². The maximum atomic E-state index is 12.1. The van der Waals surface area contributed by atoms with Gasteiger partial charge >= 0.3 is 6.09 Å². The number of aliphatic hydroxyl groups excluding tert-OH is 1. The number of carbonyl (C=O) groups is 1. The molecule has 134 valence electrons. The highest BCUT2D eigenvalue weighted by Crippen LogP contribution is 2.29. The summed E-state index contributed by atoms with van der Waals surface area (Å²) >= 11 is 0. The van der Waals surface area contributed by atoms with Gasteiger partial charge in [-0.05, 0) is 64.8 Å². The summed E-state index contributed by atoms with van der Waals surface area (Å²) in [4.78, 5) is 13.9. The molecule has 1 heterocycles. The zero-order valence-corrected chi connectivity index (χ0v) is 15.0. The first kappa shape index (κ1) is 18.5. The molecule has 0 bridgehead atoms. The fourth-order valence-electron chi connectivity index (χ4n) is 3.70. The number of nitrogens with one attached hydrogen (secondary N) is 1. The number of hydrogen-bond acceptors (Lipinski definition) is 4. The van der Waals surface area contributed by atoms with Crippen molar-refractivity contribution in [2.24, 2.45) is 11.8 Å². The third kappa shape index (κ3) is 5.96. The Morgan fingerprint density at radius 3 is 2.30 bits per heavy atom. The van der Waals surface area contributed by atoms with Gasteiger partial charge in [-0.25, -0.2) is 4.79 Å². The van der Waals surface area contributed by atoms with Crippen LogP contribution in [0.4, 0.5) is 4.79 Å². The van der Waals surface area contributed by atoms with Gasteiger partial charge in [0.2, 0.25) is 0 Å². The van der Waals surface area contributed by atoms with Crippen LogP contribution in [0.2, 0.25) is 0 Å². The van der Waals surface area contributed by atoms with E-state index in [0.717, 1.165) is 32.5 Å². The average molecular weight is 326 g/mol. The van der Waals surface area contributed by atoms with Gasteiger partial charge in [-0.2, -0.15) is 0 Å². The number of hydrogen-bond donors (Lipinski definition) is 2. The van der Waals surface area contributed by atoms with E-state index in [1.165, 1.54) is 25.7 Å². The van der Waals surface area contributed by atoms with Crippen LogP contribution >= 0.6 is 0 Å². The Morgan fingerprint density at radius 1 is 1.13 bits per heavy atom. The van der Waals surface area contributed by atoms with Crippen molar-refractivity contribution in [1.82, 2.24) is 10.2 Å². The van der Waals surface area contributed by atoms with Crippen molar-refractivity contribution >= 4 is 6.09 Å². The molecule has 1 aliphatic carbocycles. The molecule has 1 saturated heterocycles. The molecule has 2 atom stereocenters. The van der Waals surface area contributed by atoms with Crippen LogP contribution in [0.15, 0.2) is 0 Å². The molecule has 0 spiro atoms. The van der Waals surface area contributed by atoms with Gasteiger partial charge in [0.1, 0.15) is 5.60 Å². The first-order chi connectivity index (χ1) is 10.9. The number of likely N-dealkylation sites (tertiary alicyclic amines) is 1. The van der Waals surface area contributed by atoms with E-state index in [9.17, 15) is 9.90 Å². The van der Waals surface area contributed by atoms with Crippen molar-refractivity contribution < 1.29 is 14.6 Å². The molecule has 23 heavy (non-hydrogen) atoms. The minimum atomic E-state index is -0.424. The molecule has 2 rings (SSSR count). The molecule has 5 nitrogen and oxygen atoms in total. The van der Waals surface area contributed by atoms with E-state index in [4.69, 9.17) is 4.74 Å². The lowest BCUT2D eigenvalue weighted by atomic mass is 9.79. The zero-order valence-electron chi connectivity index (χ0n) is 15.0. The number of nitrogens with zero attached hydrogens (tertiary/aromatic N) is 1. The summed E-state index contributed by atoms with van der Waals surface area (Å²) in [6.07, 6.45) is 6.72. The molecule has 0 aromatic heterocycles. The fraction of sp³-hybridized carbons (Fsp3) is 0.944. The van der Waals surface area contributed by atoms with Crippen molar-refractivity contribution in [2.75, 3.05) is 26.2 Å². The van der Waals surface area contributed by atoms with Crippen LogP contribution in [0.1, 0.15) is 59.3 Å². The highest BCUT2D eigenvalue weighted by molar-refractivity contribution is 5.68. The van der Waals surface area contributed by atoms with Crippen molar-refractivity contribution in [2.45, 2.75) is 70.9 Å². The normalized spacial score (nSPS) is 27.0. The summed E-state index contributed by atoms with van der Waals surface area (Å²) in [6, 6.07) is 0.481. The summed E-state index contributed by atoms with van der Waals surface area (Å²) < 4.78 is 5.43. The minimum absolute atomic E-state index is 0.191. The molecular formula is C18H34N2O3. The van der Waals surface area contributed by atoms with Gasteiger partial charge in [0, 0.05) is 25.7 Å². The summed E-state index contributed by atoms with van der Waals surface area (Å²) in [5.74, 6) is 1.08. The van der Waals surface area contributed by atoms with Crippen LogP contribution in [-0.2, 0) is 4.74 Å². The molecule has 1 aliphatic heterocycles. The Bertz CT molecular complexity index is 373. The SMILES string of the molecule is CC(C)(C)OC(=O)N1CCC(NCC2CCCC[C@@H]2CO)CC1. The summed E-state index contributed by atoms with van der Waals surface area (Å²) in [6.45, 7) is 8.57. The lowest BCUT2D eigenvalue weighted by Crippen LogP contribution is -2.47. The van der Waals surface area contributed by atoms with Crippen LogP contribution < -0.4 is 5.32 Å². The second kappa shape index (κ2) is 8.34. The molecule has 0 aromatic carbocycles. The first-order valence-electron chi connectivity index (χ1n) is 9.21. The Kier molecular flexibility index (Phi) is 6.72. The Hall–Kier alpha value is -0.810. The highest BCUT2D eigenvalue weighted by Gasteiger charge is 2.28. The van der Waals surface area contributed by atoms with E-state index < -0.39 is 5.60 Å². The topological polar surface area (TPSA) is 61.8 Å². The highest BCUT2D eigenvalue weighted by atomic mass is 16.6. The van der Waals surface area contributed by atoms with Crippen molar-refractivity contribution in [3.63, 3.8) is 0 Å². The molecule has 1 unspecified atom stereocenters. The summed E-state index contributed by atoms with van der Waals surface area (Å²) in [5.41, 5.74) is -0.424. The Morgan fingerprint density at radius 2 is 1.74 bits per heavy atom. The quantitative estimate of drug-likeness (QED) is 0.834. The largest absolute Gasteiger partial charge is 0.444 e. The van der Waals surface area contributed by atoms with Crippen LogP contribution in [0.5, 0.6) is 0 Å². The second-order valence-electron chi connectivity index (χ2n) is 8.14. The van der Waals surface area contributed by atoms with Gasteiger partial charge in [-0.1, -0.05) is 12.8 Å². The van der Waals surface area contributed by atoms with Crippen LogP contribution in [-0.4, -0.2) is 54.0 Å². The number of piperidine rings is 1. The molecule has 1 saturated carbocycles. The zero-order chi connectivity index (χ0) is 16.9. The van der Waals surface area contributed by atoms with E-state index >= 15 is 0 Å². The van der Waals surface area contributed by atoms with E-state index in [1.807, 2.05) is 25.7 Å². The molecular weight excluding hydrogens is 292 g/mol. The number of carbonyl (C=O) groups excluding carboxylic acids is 1. The van der Waals surface area contributed by atoms with Gasteiger partial charge in [0.05, 0.1) is 0 Å². The lowest BCUT2D eigenvalue weighted by molar-refractivity contribution is 0.0195. The van der Waals surface area contributed by atoms with Gasteiger partial charge < -0.3 is 20.1 Å². The predicted molar refractivity (Wildman–Crippen MR) is 91.4 cm³/mol. The Labute approximate surface area is 140 Å². The third-order valence-corrected chi connectivity index (χ3v) is 5.12. The summed E-state index contributed by atoms with van der Waals surface area (Å²) in [7, 11) is 0. The predicted octanol–water partition coefficient (Wildman–Crippen LogP) is 2.77. The fourth-order valence-corrected chi connectivity index (χ4v) is 3.70. The van der Waals surface area contributed by atoms with E-state index in [1.54, 1.807) is 0 Å². The molecule has 5 heteroatoms. The Balaban J connectivity index is 1.69. The monoisotopic (exact) mass is 326 g/mol. The summed E-state index contributed by atoms with van der Waals surface area (Å²) in [5, 5.41) is 13.2. The number of amides is 1. The van der Waals surface area contributed by atoms with E-state index in [-0.39, 0.29) is 6.09 Å². The smallest absolute Gasteiger partial charge is 0.410 e. The van der Waals surface area contributed by atoms with Crippen LogP contribution in [0, 0.1) is 11.8 Å². The van der Waals surface area contributed by atoms with Gasteiger partial charge in [0.25, 0.3) is 0 Å². The van der Waals surface area contributed by atoms with Crippen LogP contribution in [0.25, 0.3) is 0 Å². The maximum absolute atomic E-state index is 12.1. The lowest BCUT2D eigenvalue weighted by Gasteiger charge is -2.36.